The number of hydrogen-bond acceptors (Lipinski definition) is 9. The molecule has 10 nitrogen and oxygen atoms in total. The van der Waals surface area contributed by atoms with E-state index < -0.39 is 61.5 Å². The predicted molar refractivity (Wildman–Crippen MR) is 227 cm³/mol. The van der Waals surface area contributed by atoms with E-state index in [4.69, 9.17) is 9.47 Å². The third kappa shape index (κ3) is 26.4. The van der Waals surface area contributed by atoms with Gasteiger partial charge in [-0.1, -0.05) is 185 Å². The van der Waals surface area contributed by atoms with Crippen LogP contribution in [0.5, 0.6) is 0 Å². The maximum Gasteiger partial charge on any atom is 0.249 e. The molecule has 0 bridgehead atoms. The molecule has 0 aromatic carbocycles. The predicted octanol–water partition coefficient (Wildman–Crippen LogP) is 8.25. The molecule has 7 N–H and O–H groups in total. The summed E-state index contributed by atoms with van der Waals surface area (Å²) in [5.41, 5.74) is 0. The number of aliphatic hydroxyl groups is 6. The van der Waals surface area contributed by atoms with Crippen molar-refractivity contribution in [1.82, 2.24) is 5.32 Å². The van der Waals surface area contributed by atoms with Crippen LogP contribution in [0.4, 0.5) is 0 Å². The van der Waals surface area contributed by atoms with Crippen LogP contribution in [0.15, 0.2) is 36.5 Å². The van der Waals surface area contributed by atoms with E-state index in [0.717, 1.165) is 44.9 Å². The maximum absolute atomic E-state index is 13.0. The second kappa shape index (κ2) is 36.4. The molecule has 8 atom stereocenters. The van der Waals surface area contributed by atoms with Crippen LogP contribution in [-0.4, -0.2) is 98.7 Å². The topological polar surface area (TPSA) is 169 Å². The van der Waals surface area contributed by atoms with E-state index >= 15 is 0 Å². The van der Waals surface area contributed by atoms with E-state index in [9.17, 15) is 35.4 Å². The van der Waals surface area contributed by atoms with Gasteiger partial charge in [-0.05, 0) is 38.5 Å². The van der Waals surface area contributed by atoms with Gasteiger partial charge >= 0.3 is 0 Å². The SMILES string of the molecule is CCCC/C=C/CC/C=C/CC/C=C/C(O)C(COC1OC(CO)C(O)C(O)C1O)NC(=O)C(O)CCCCCCCCCCCCCCCCCCCCC. The zero-order chi connectivity index (χ0) is 41.1. The largest absolute Gasteiger partial charge is 0.394 e. The number of ether oxygens (including phenoxy) is 2. The fourth-order valence-corrected chi connectivity index (χ4v) is 7.00. The molecule has 0 aliphatic carbocycles. The standard InChI is InChI=1S/C46H85NO9/c1-3-5-7-9-11-13-15-17-18-19-20-21-22-23-25-27-29-31-33-35-40(50)45(54)47-38(37-55-46-44(53)43(52)42(51)41(36-48)56-46)39(49)34-32-30-28-26-24-16-14-12-10-8-6-4-2/h10,12,24,26,32,34,38-44,46,48-53H,3-9,11,13-23,25,27-31,33,35-37H2,1-2H3,(H,47,54)/b12-10+,26-24+,34-32+. The number of amides is 1. The highest BCUT2D eigenvalue weighted by molar-refractivity contribution is 5.80. The highest BCUT2D eigenvalue weighted by Gasteiger charge is 2.44. The number of carbonyl (C=O) groups is 1. The molecule has 1 aliphatic heterocycles. The molecule has 10 heteroatoms. The van der Waals surface area contributed by atoms with Crippen LogP contribution in [0.3, 0.4) is 0 Å². The minimum atomic E-state index is -1.62. The smallest absolute Gasteiger partial charge is 0.249 e. The molecule has 8 unspecified atom stereocenters. The first-order chi connectivity index (χ1) is 27.3. The van der Waals surface area contributed by atoms with Gasteiger partial charge in [-0.15, -0.1) is 0 Å². The average molecular weight is 796 g/mol. The second-order valence-electron chi connectivity index (χ2n) is 16.0. The van der Waals surface area contributed by atoms with Crippen molar-refractivity contribution < 1.29 is 44.9 Å². The Bertz CT molecular complexity index is 990. The van der Waals surface area contributed by atoms with Crippen LogP contribution in [-0.2, 0) is 14.3 Å². The van der Waals surface area contributed by atoms with Crippen LogP contribution in [0.25, 0.3) is 0 Å². The maximum atomic E-state index is 13.0. The van der Waals surface area contributed by atoms with Gasteiger partial charge in [-0.25, -0.2) is 0 Å². The number of unbranched alkanes of at least 4 members (excludes halogenated alkanes) is 22. The molecule has 1 heterocycles. The molecule has 1 amide bonds. The molecule has 1 aliphatic rings. The summed E-state index contributed by atoms with van der Waals surface area (Å²) in [5.74, 6) is -0.631. The van der Waals surface area contributed by atoms with Gasteiger partial charge in [0, 0.05) is 0 Å². The monoisotopic (exact) mass is 796 g/mol. The Morgan fingerprint density at radius 2 is 1.05 bits per heavy atom. The Kier molecular flexibility index (Phi) is 34.1. The van der Waals surface area contributed by atoms with Gasteiger partial charge in [0.2, 0.25) is 5.91 Å². The summed E-state index contributed by atoms with van der Waals surface area (Å²) in [5, 5.41) is 64.5. The van der Waals surface area contributed by atoms with Crippen LogP contribution in [0.2, 0.25) is 0 Å². The second-order valence-corrected chi connectivity index (χ2v) is 16.0. The van der Waals surface area contributed by atoms with Crippen molar-refractivity contribution in [2.24, 2.45) is 0 Å². The third-order valence-electron chi connectivity index (χ3n) is 10.8. The Hall–Kier alpha value is -1.63. The lowest BCUT2D eigenvalue weighted by Crippen LogP contribution is -2.60. The summed E-state index contributed by atoms with van der Waals surface area (Å²) < 4.78 is 11.1. The summed E-state index contributed by atoms with van der Waals surface area (Å²) in [4.78, 5) is 13.0. The van der Waals surface area contributed by atoms with Crippen molar-refractivity contribution in [2.45, 2.75) is 236 Å². The van der Waals surface area contributed by atoms with E-state index in [1.807, 2.05) is 6.08 Å². The van der Waals surface area contributed by atoms with Crippen molar-refractivity contribution in [3.8, 4) is 0 Å². The van der Waals surface area contributed by atoms with Crippen LogP contribution in [0, 0.1) is 0 Å². The van der Waals surface area contributed by atoms with Gasteiger partial charge < -0.3 is 45.4 Å². The lowest BCUT2D eigenvalue weighted by molar-refractivity contribution is -0.302. The molecule has 328 valence electrons. The highest BCUT2D eigenvalue weighted by atomic mass is 16.7. The van der Waals surface area contributed by atoms with Gasteiger partial charge in [0.25, 0.3) is 0 Å². The van der Waals surface area contributed by atoms with Crippen molar-refractivity contribution >= 4 is 5.91 Å². The summed E-state index contributed by atoms with van der Waals surface area (Å²) in [6.45, 7) is 3.53. The van der Waals surface area contributed by atoms with Crippen molar-refractivity contribution in [3.63, 3.8) is 0 Å². The van der Waals surface area contributed by atoms with Crippen LogP contribution >= 0.6 is 0 Å². The first-order valence-corrected chi connectivity index (χ1v) is 22.8. The normalized spacial score (nSPS) is 22.0. The van der Waals surface area contributed by atoms with E-state index in [0.29, 0.717) is 19.3 Å². The van der Waals surface area contributed by atoms with Crippen molar-refractivity contribution in [1.29, 1.82) is 0 Å². The molecule has 0 saturated carbocycles. The number of allylic oxidation sites excluding steroid dienone is 5. The summed E-state index contributed by atoms with van der Waals surface area (Å²) in [7, 11) is 0. The molecule has 0 aromatic heterocycles. The number of carbonyl (C=O) groups excluding carboxylic acids is 1. The Morgan fingerprint density at radius 3 is 1.54 bits per heavy atom. The molecular weight excluding hydrogens is 711 g/mol. The molecular formula is C46H85NO9. The number of hydrogen-bond donors (Lipinski definition) is 7. The van der Waals surface area contributed by atoms with E-state index in [-0.39, 0.29) is 6.61 Å². The number of nitrogens with one attached hydrogen (secondary N) is 1. The fourth-order valence-electron chi connectivity index (χ4n) is 7.00. The Balaban J connectivity index is 2.40. The third-order valence-corrected chi connectivity index (χ3v) is 10.8. The Morgan fingerprint density at radius 1 is 0.607 bits per heavy atom. The summed E-state index contributed by atoms with van der Waals surface area (Å²) in [6.07, 6.45) is 33.8. The molecule has 1 saturated heterocycles. The molecule has 0 radical (unpaired) electrons. The highest BCUT2D eigenvalue weighted by Crippen LogP contribution is 2.22. The minimum Gasteiger partial charge on any atom is -0.394 e. The van der Waals surface area contributed by atoms with Crippen LogP contribution in [0.1, 0.15) is 187 Å². The van der Waals surface area contributed by atoms with Gasteiger partial charge in [-0.3, -0.25) is 4.79 Å². The quantitative estimate of drug-likeness (QED) is 0.0242. The van der Waals surface area contributed by atoms with Crippen molar-refractivity contribution in [2.75, 3.05) is 13.2 Å². The number of aliphatic hydroxyl groups excluding tert-OH is 6. The summed E-state index contributed by atoms with van der Waals surface area (Å²) >= 11 is 0. The Labute approximate surface area is 341 Å². The van der Waals surface area contributed by atoms with Gasteiger partial charge in [0.05, 0.1) is 25.4 Å². The molecule has 1 rings (SSSR count). The van der Waals surface area contributed by atoms with E-state index in [1.54, 1.807) is 6.08 Å². The molecule has 0 aromatic rings. The van der Waals surface area contributed by atoms with E-state index in [1.165, 1.54) is 109 Å². The molecule has 0 spiro atoms. The first kappa shape index (κ1) is 52.4. The van der Waals surface area contributed by atoms with E-state index in [2.05, 4.69) is 43.5 Å². The fraction of sp³-hybridized carbons (Fsp3) is 0.848. The van der Waals surface area contributed by atoms with Crippen LogP contribution < -0.4 is 5.32 Å². The van der Waals surface area contributed by atoms with Gasteiger partial charge in [0.1, 0.15) is 30.5 Å². The van der Waals surface area contributed by atoms with Gasteiger partial charge in [0.15, 0.2) is 6.29 Å². The summed E-state index contributed by atoms with van der Waals surface area (Å²) in [6, 6.07) is -0.999. The zero-order valence-electron chi connectivity index (χ0n) is 35.5. The zero-order valence-corrected chi connectivity index (χ0v) is 35.5. The number of rotatable bonds is 37. The molecule has 56 heavy (non-hydrogen) atoms. The van der Waals surface area contributed by atoms with Gasteiger partial charge in [-0.2, -0.15) is 0 Å². The lowest BCUT2D eigenvalue weighted by atomic mass is 9.99. The molecule has 1 fully saturated rings. The first-order valence-electron chi connectivity index (χ1n) is 22.8. The van der Waals surface area contributed by atoms with Crippen molar-refractivity contribution in [3.05, 3.63) is 36.5 Å². The minimum absolute atomic E-state index is 0.303. The average Bonchev–Trinajstić information content (AvgIpc) is 3.20. The lowest BCUT2D eigenvalue weighted by Gasteiger charge is -2.40.